The first-order chi connectivity index (χ1) is 8.96. The second-order valence-electron chi connectivity index (χ2n) is 3.20. The van der Waals surface area contributed by atoms with Crippen molar-refractivity contribution in [1.82, 2.24) is 0 Å². The molecule has 0 fully saturated rings. The first-order valence-electron chi connectivity index (χ1n) is 4.89. The molecule has 1 aromatic carbocycles. The van der Waals surface area contributed by atoms with E-state index in [9.17, 15) is 13.2 Å². The van der Waals surface area contributed by atoms with Crippen LogP contribution in [0.15, 0.2) is 29.4 Å². The number of hydrogen-bond donors (Lipinski definition) is 1. The molecule has 0 saturated carbocycles. The van der Waals surface area contributed by atoms with Crippen LogP contribution in [0.25, 0.3) is 0 Å². The summed E-state index contributed by atoms with van der Waals surface area (Å²) in [5.74, 6) is -0.0844. The van der Waals surface area contributed by atoms with Gasteiger partial charge >= 0.3 is 6.18 Å². The number of nitriles is 2. The van der Waals surface area contributed by atoms with Gasteiger partial charge in [0.2, 0.25) is 5.71 Å². The van der Waals surface area contributed by atoms with Gasteiger partial charge in [0.1, 0.15) is 17.9 Å². The van der Waals surface area contributed by atoms with Crippen LogP contribution in [-0.4, -0.2) is 18.5 Å². The molecule has 0 radical (unpaired) electrons. The van der Waals surface area contributed by atoms with E-state index < -0.39 is 18.5 Å². The molecule has 0 aliphatic carbocycles. The third-order valence-corrected chi connectivity index (χ3v) is 1.78. The van der Waals surface area contributed by atoms with Crippen molar-refractivity contribution in [2.45, 2.75) is 6.18 Å². The molecular weight excluding hydrogens is 261 g/mol. The van der Waals surface area contributed by atoms with Gasteiger partial charge in [0, 0.05) is 0 Å². The van der Waals surface area contributed by atoms with E-state index in [1.807, 2.05) is 0 Å². The minimum absolute atomic E-state index is 0.0844. The van der Waals surface area contributed by atoms with E-state index >= 15 is 0 Å². The highest BCUT2D eigenvalue weighted by Crippen LogP contribution is 2.26. The largest absolute Gasteiger partial charge is 0.482 e. The summed E-state index contributed by atoms with van der Waals surface area (Å²) in [5.41, 5.74) is 1.97. The molecule has 8 heteroatoms. The van der Waals surface area contributed by atoms with E-state index in [-0.39, 0.29) is 11.4 Å². The average Bonchev–Trinajstić information content (AvgIpc) is 2.38. The van der Waals surface area contributed by atoms with Crippen molar-refractivity contribution in [3.05, 3.63) is 24.3 Å². The van der Waals surface area contributed by atoms with Gasteiger partial charge in [-0.3, -0.25) is 5.43 Å². The molecule has 0 saturated heterocycles. The van der Waals surface area contributed by atoms with Gasteiger partial charge in [-0.1, -0.05) is 12.1 Å². The van der Waals surface area contributed by atoms with E-state index in [2.05, 4.69) is 15.3 Å². The van der Waals surface area contributed by atoms with Crippen LogP contribution in [0, 0.1) is 22.7 Å². The Kier molecular flexibility index (Phi) is 4.72. The zero-order valence-electron chi connectivity index (χ0n) is 9.40. The molecule has 0 aliphatic heterocycles. The standard InChI is InChI=1S/C11H7F3N4O/c12-11(13,14)7-19-10-4-2-1-3-9(10)18-17-8(5-15)6-16/h1-4,18H,7H2. The molecule has 0 heterocycles. The summed E-state index contributed by atoms with van der Waals surface area (Å²) in [6, 6.07) is 8.74. The summed E-state index contributed by atoms with van der Waals surface area (Å²) in [5, 5.41) is 20.3. The number of alkyl halides is 3. The van der Waals surface area contributed by atoms with Crippen LogP contribution < -0.4 is 10.2 Å². The van der Waals surface area contributed by atoms with Gasteiger partial charge in [0.25, 0.3) is 0 Å². The van der Waals surface area contributed by atoms with E-state index in [4.69, 9.17) is 10.5 Å². The molecule has 0 aliphatic rings. The number of benzene rings is 1. The summed E-state index contributed by atoms with van der Waals surface area (Å²) < 4.78 is 40.7. The normalized spacial score (nSPS) is 9.95. The van der Waals surface area contributed by atoms with E-state index in [1.165, 1.54) is 36.4 Å². The van der Waals surface area contributed by atoms with Crippen molar-refractivity contribution in [3.8, 4) is 17.9 Å². The van der Waals surface area contributed by atoms with Crippen LogP contribution in [0.4, 0.5) is 18.9 Å². The summed E-state index contributed by atoms with van der Waals surface area (Å²) >= 11 is 0. The zero-order valence-corrected chi connectivity index (χ0v) is 9.40. The van der Waals surface area contributed by atoms with E-state index in [0.717, 1.165) is 0 Å². The predicted octanol–water partition coefficient (Wildman–Crippen LogP) is 2.44. The molecule has 98 valence electrons. The zero-order chi connectivity index (χ0) is 14.3. The lowest BCUT2D eigenvalue weighted by atomic mass is 10.3. The smallest absolute Gasteiger partial charge is 0.422 e. The lowest BCUT2D eigenvalue weighted by Crippen LogP contribution is -2.19. The van der Waals surface area contributed by atoms with Gasteiger partial charge in [0.05, 0.1) is 5.69 Å². The van der Waals surface area contributed by atoms with Crippen molar-refractivity contribution in [1.29, 1.82) is 10.5 Å². The molecule has 0 spiro atoms. The number of rotatable bonds is 4. The lowest BCUT2D eigenvalue weighted by Gasteiger charge is -2.12. The number of nitrogens with one attached hydrogen (secondary N) is 1. The Morgan fingerprint density at radius 2 is 1.89 bits per heavy atom. The Hall–Kier alpha value is -2.74. The number of para-hydroxylation sites is 2. The highest BCUT2D eigenvalue weighted by Gasteiger charge is 2.28. The number of anilines is 1. The third kappa shape index (κ3) is 4.96. The lowest BCUT2D eigenvalue weighted by molar-refractivity contribution is -0.153. The minimum Gasteiger partial charge on any atom is -0.482 e. The fraction of sp³-hybridized carbons (Fsp3) is 0.182. The fourth-order valence-corrected chi connectivity index (χ4v) is 1.04. The first-order valence-corrected chi connectivity index (χ1v) is 4.89. The van der Waals surface area contributed by atoms with Gasteiger partial charge in [-0.2, -0.15) is 28.8 Å². The third-order valence-electron chi connectivity index (χ3n) is 1.78. The monoisotopic (exact) mass is 268 g/mol. The summed E-state index contributed by atoms with van der Waals surface area (Å²) in [6.07, 6.45) is -4.46. The maximum absolute atomic E-state index is 12.0. The number of hydrogen-bond acceptors (Lipinski definition) is 5. The van der Waals surface area contributed by atoms with Crippen LogP contribution >= 0.6 is 0 Å². The Morgan fingerprint density at radius 1 is 1.26 bits per heavy atom. The van der Waals surface area contributed by atoms with Gasteiger partial charge in [-0.25, -0.2) is 0 Å². The van der Waals surface area contributed by atoms with E-state index in [0.29, 0.717) is 0 Å². The molecule has 0 bridgehead atoms. The summed E-state index contributed by atoms with van der Waals surface area (Å²) in [7, 11) is 0. The number of nitrogens with zero attached hydrogens (tertiary/aromatic N) is 3. The molecule has 19 heavy (non-hydrogen) atoms. The van der Waals surface area contributed by atoms with Crippen LogP contribution in [0.3, 0.4) is 0 Å². The first kappa shape index (κ1) is 14.3. The highest BCUT2D eigenvalue weighted by atomic mass is 19.4. The number of halogens is 3. The van der Waals surface area contributed by atoms with Gasteiger partial charge < -0.3 is 4.74 Å². The minimum atomic E-state index is -4.46. The van der Waals surface area contributed by atoms with Crippen LogP contribution in [-0.2, 0) is 0 Å². The topological polar surface area (TPSA) is 81.2 Å². The fourth-order valence-electron chi connectivity index (χ4n) is 1.04. The van der Waals surface area contributed by atoms with Gasteiger partial charge in [-0.15, -0.1) is 0 Å². The molecule has 0 atom stereocenters. The molecule has 0 unspecified atom stereocenters. The molecule has 1 rings (SSSR count). The molecular formula is C11H7F3N4O. The van der Waals surface area contributed by atoms with Crippen molar-refractivity contribution in [2.24, 2.45) is 5.10 Å². The van der Waals surface area contributed by atoms with Gasteiger partial charge in [-0.05, 0) is 12.1 Å². The number of hydrazone groups is 1. The number of ether oxygens (including phenoxy) is 1. The van der Waals surface area contributed by atoms with Crippen LogP contribution in [0.2, 0.25) is 0 Å². The second kappa shape index (κ2) is 6.26. The van der Waals surface area contributed by atoms with Crippen molar-refractivity contribution in [2.75, 3.05) is 12.0 Å². The van der Waals surface area contributed by atoms with Crippen LogP contribution in [0.1, 0.15) is 0 Å². The molecule has 1 N–H and O–H groups in total. The summed E-state index contributed by atoms with van der Waals surface area (Å²) in [4.78, 5) is 0. The van der Waals surface area contributed by atoms with E-state index in [1.54, 1.807) is 0 Å². The SMILES string of the molecule is N#CC(C#N)=NNc1ccccc1OCC(F)(F)F. The van der Waals surface area contributed by atoms with Crippen molar-refractivity contribution >= 4 is 11.4 Å². The van der Waals surface area contributed by atoms with Gasteiger partial charge in [0.15, 0.2) is 6.61 Å². The van der Waals surface area contributed by atoms with Crippen LogP contribution in [0.5, 0.6) is 5.75 Å². The molecule has 0 amide bonds. The Bertz CT molecular complexity index is 538. The maximum Gasteiger partial charge on any atom is 0.422 e. The van der Waals surface area contributed by atoms with Crippen molar-refractivity contribution in [3.63, 3.8) is 0 Å². The molecule has 1 aromatic rings. The Morgan fingerprint density at radius 3 is 2.47 bits per heavy atom. The Labute approximate surface area is 106 Å². The second-order valence-corrected chi connectivity index (χ2v) is 3.20. The maximum atomic E-state index is 12.0. The Balaban J connectivity index is 2.83. The average molecular weight is 268 g/mol. The molecule has 0 aromatic heterocycles. The highest BCUT2D eigenvalue weighted by molar-refractivity contribution is 6.10. The van der Waals surface area contributed by atoms with Crippen molar-refractivity contribution < 1.29 is 17.9 Å². The predicted molar refractivity (Wildman–Crippen MR) is 60.3 cm³/mol. The molecule has 5 nitrogen and oxygen atoms in total. The quantitative estimate of drug-likeness (QED) is 0.671. The summed E-state index contributed by atoms with van der Waals surface area (Å²) in [6.45, 7) is -1.45.